The lowest BCUT2D eigenvalue weighted by Gasteiger charge is -2.35. The van der Waals surface area contributed by atoms with Crippen LogP contribution < -0.4 is 4.72 Å². The van der Waals surface area contributed by atoms with E-state index < -0.39 is 39.5 Å². The van der Waals surface area contributed by atoms with Crippen molar-refractivity contribution in [3.63, 3.8) is 0 Å². The maximum absolute atomic E-state index is 13.5. The SMILES string of the molecule is Cc1noc([C@H](N[S+]([O-])C(C)(C)C)C(C(=O)O)C(C)(C)C)c1-c1ccccc1C(=O)c1ccc(Cl)cc1. The number of ketones is 1. The minimum Gasteiger partial charge on any atom is -0.598 e. The van der Waals surface area contributed by atoms with Crippen molar-refractivity contribution >= 4 is 34.7 Å². The molecule has 1 aromatic heterocycles. The number of rotatable bonds is 8. The molecule has 0 bridgehead atoms. The lowest BCUT2D eigenvalue weighted by molar-refractivity contribution is -0.147. The standard InChI is InChI=1S/C28H33ClN2O5S/c1-16-21(19-10-8-9-11-20(19)24(32)17-12-14-18(29)15-13-17)25(36-30-16)23(31-37(35)28(5,6)7)22(26(33)34)27(2,3)4/h8-15,22-23,31H,1-7H3,(H,33,34)/t22?,23-,37?/m1/s1. The van der Waals surface area contributed by atoms with E-state index in [0.29, 0.717) is 33.0 Å². The van der Waals surface area contributed by atoms with Crippen molar-refractivity contribution < 1.29 is 23.8 Å². The van der Waals surface area contributed by atoms with Crippen LogP contribution in [-0.2, 0) is 16.2 Å². The molecule has 7 nitrogen and oxygen atoms in total. The van der Waals surface area contributed by atoms with Crippen LogP contribution in [0, 0.1) is 18.3 Å². The number of carboxylic acids is 1. The van der Waals surface area contributed by atoms with Gasteiger partial charge in [0.1, 0.15) is 10.8 Å². The van der Waals surface area contributed by atoms with E-state index in [2.05, 4.69) is 9.88 Å². The quantitative estimate of drug-likeness (QED) is 0.250. The molecule has 0 saturated heterocycles. The smallest absolute Gasteiger partial charge is 0.309 e. The summed E-state index contributed by atoms with van der Waals surface area (Å²) < 4.78 is 21.4. The van der Waals surface area contributed by atoms with E-state index in [1.807, 2.05) is 0 Å². The first-order valence-corrected chi connectivity index (χ1v) is 13.4. The predicted molar refractivity (Wildman–Crippen MR) is 146 cm³/mol. The van der Waals surface area contributed by atoms with Gasteiger partial charge in [-0.1, -0.05) is 61.8 Å². The summed E-state index contributed by atoms with van der Waals surface area (Å²) in [7, 11) is 0. The van der Waals surface area contributed by atoms with Crippen molar-refractivity contribution in [2.24, 2.45) is 11.3 Å². The molecule has 2 N–H and O–H groups in total. The van der Waals surface area contributed by atoms with Crippen molar-refractivity contribution in [1.29, 1.82) is 0 Å². The number of hydrogen-bond donors (Lipinski definition) is 2. The second-order valence-corrected chi connectivity index (χ2v) is 13.5. The molecule has 198 valence electrons. The van der Waals surface area contributed by atoms with Gasteiger partial charge in [-0.25, -0.2) is 0 Å². The van der Waals surface area contributed by atoms with Crippen molar-refractivity contribution in [2.45, 2.75) is 59.3 Å². The van der Waals surface area contributed by atoms with Crippen LogP contribution >= 0.6 is 11.6 Å². The van der Waals surface area contributed by atoms with E-state index in [1.54, 1.807) is 97.0 Å². The van der Waals surface area contributed by atoms with E-state index in [1.165, 1.54) is 0 Å². The fraction of sp³-hybridized carbons (Fsp3) is 0.393. The van der Waals surface area contributed by atoms with E-state index in [0.717, 1.165) is 0 Å². The Morgan fingerprint density at radius 2 is 1.65 bits per heavy atom. The molecule has 0 aliphatic rings. The van der Waals surface area contributed by atoms with Crippen molar-refractivity contribution in [1.82, 2.24) is 9.88 Å². The number of carbonyl (C=O) groups excluding carboxylic acids is 1. The average molecular weight is 545 g/mol. The van der Waals surface area contributed by atoms with Crippen LogP contribution in [0.5, 0.6) is 0 Å². The summed E-state index contributed by atoms with van der Waals surface area (Å²) in [6.45, 7) is 12.5. The molecule has 3 atom stereocenters. The fourth-order valence-electron chi connectivity index (χ4n) is 4.16. The average Bonchev–Trinajstić information content (AvgIpc) is 3.17. The van der Waals surface area contributed by atoms with E-state index in [9.17, 15) is 19.2 Å². The highest BCUT2D eigenvalue weighted by Gasteiger charge is 2.46. The van der Waals surface area contributed by atoms with Gasteiger partial charge < -0.3 is 14.2 Å². The Hall–Kier alpha value is -2.65. The van der Waals surface area contributed by atoms with Gasteiger partial charge in [0, 0.05) is 27.5 Å². The second kappa shape index (κ2) is 11.0. The Morgan fingerprint density at radius 1 is 1.05 bits per heavy atom. The van der Waals surface area contributed by atoms with Gasteiger partial charge in [0.2, 0.25) is 0 Å². The zero-order valence-corrected chi connectivity index (χ0v) is 23.7. The minimum absolute atomic E-state index is 0.216. The summed E-state index contributed by atoms with van der Waals surface area (Å²) >= 11 is 4.38. The molecule has 2 unspecified atom stereocenters. The molecule has 3 rings (SSSR count). The third-order valence-electron chi connectivity index (χ3n) is 6.04. The molecule has 0 aliphatic carbocycles. The van der Waals surface area contributed by atoms with E-state index >= 15 is 0 Å². The van der Waals surface area contributed by atoms with Crippen LogP contribution in [-0.4, -0.2) is 31.3 Å². The summed E-state index contributed by atoms with van der Waals surface area (Å²) in [5.41, 5.74) is 1.64. The number of nitrogens with zero attached hydrogens (tertiary/aromatic N) is 1. The van der Waals surface area contributed by atoms with Crippen LogP contribution in [0.15, 0.2) is 53.1 Å². The first-order valence-electron chi connectivity index (χ1n) is 11.9. The number of nitrogens with one attached hydrogen (secondary N) is 1. The summed E-state index contributed by atoms with van der Waals surface area (Å²) in [6, 6.07) is 12.6. The zero-order valence-electron chi connectivity index (χ0n) is 22.1. The van der Waals surface area contributed by atoms with Gasteiger partial charge in [0.25, 0.3) is 0 Å². The number of hydrogen-bond acceptors (Lipinski definition) is 6. The maximum Gasteiger partial charge on any atom is 0.309 e. The molecule has 0 radical (unpaired) electrons. The molecule has 3 aromatic rings. The number of halogens is 1. The topological polar surface area (TPSA) is 115 Å². The highest BCUT2D eigenvalue weighted by Crippen LogP contribution is 2.43. The molecule has 2 aromatic carbocycles. The molecule has 1 heterocycles. The summed E-state index contributed by atoms with van der Waals surface area (Å²) in [5, 5.41) is 14.9. The predicted octanol–water partition coefficient (Wildman–Crippen LogP) is 6.37. The summed E-state index contributed by atoms with van der Waals surface area (Å²) in [5.74, 6) is -2.11. The van der Waals surface area contributed by atoms with Gasteiger partial charge in [0.05, 0.1) is 17.2 Å². The Morgan fingerprint density at radius 3 is 2.19 bits per heavy atom. The first-order chi connectivity index (χ1) is 17.1. The third kappa shape index (κ3) is 6.44. The third-order valence-corrected chi connectivity index (χ3v) is 7.87. The number of aliphatic carboxylic acids is 1. The summed E-state index contributed by atoms with van der Waals surface area (Å²) in [6.07, 6.45) is 0. The van der Waals surface area contributed by atoms with Crippen LogP contribution in [0.2, 0.25) is 5.02 Å². The van der Waals surface area contributed by atoms with Crippen molar-refractivity contribution in [3.05, 3.63) is 76.1 Å². The van der Waals surface area contributed by atoms with Crippen LogP contribution in [0.3, 0.4) is 0 Å². The molecule has 0 aliphatic heterocycles. The summed E-state index contributed by atoms with van der Waals surface area (Å²) in [4.78, 5) is 26.1. The molecular formula is C28H33ClN2O5S. The maximum atomic E-state index is 13.5. The van der Waals surface area contributed by atoms with E-state index in [-0.39, 0.29) is 11.5 Å². The zero-order chi connectivity index (χ0) is 27.7. The van der Waals surface area contributed by atoms with Crippen molar-refractivity contribution in [2.75, 3.05) is 0 Å². The number of carboxylic acid groups (broad SMARTS) is 1. The fourth-order valence-corrected chi connectivity index (χ4v) is 5.11. The highest BCUT2D eigenvalue weighted by molar-refractivity contribution is 7.90. The minimum atomic E-state index is -1.62. The highest BCUT2D eigenvalue weighted by atomic mass is 35.5. The van der Waals surface area contributed by atoms with Gasteiger partial charge in [-0.05, 0) is 62.9 Å². The van der Waals surface area contributed by atoms with Gasteiger partial charge in [0.15, 0.2) is 11.5 Å². The normalized spacial score (nSPS) is 14.7. The molecular weight excluding hydrogens is 512 g/mol. The second-order valence-electron chi connectivity index (χ2n) is 11.0. The lowest BCUT2D eigenvalue weighted by Crippen LogP contribution is -2.47. The number of aryl methyl sites for hydroxylation is 1. The Balaban J connectivity index is 2.23. The number of benzene rings is 2. The Kier molecular flexibility index (Phi) is 8.59. The molecule has 0 fully saturated rings. The van der Waals surface area contributed by atoms with Crippen LogP contribution in [0.25, 0.3) is 11.1 Å². The van der Waals surface area contributed by atoms with Gasteiger partial charge in [-0.15, -0.1) is 4.72 Å². The molecule has 0 amide bonds. The molecule has 37 heavy (non-hydrogen) atoms. The van der Waals surface area contributed by atoms with Gasteiger partial charge >= 0.3 is 5.97 Å². The van der Waals surface area contributed by atoms with Gasteiger partial charge in [-0.2, -0.15) is 0 Å². The van der Waals surface area contributed by atoms with Crippen LogP contribution in [0.1, 0.15) is 75.0 Å². The monoisotopic (exact) mass is 544 g/mol. The molecule has 0 spiro atoms. The molecule has 0 saturated carbocycles. The van der Waals surface area contributed by atoms with E-state index in [4.69, 9.17) is 16.1 Å². The molecule has 9 heteroatoms. The lowest BCUT2D eigenvalue weighted by atomic mass is 9.75. The van der Waals surface area contributed by atoms with Crippen molar-refractivity contribution in [3.8, 4) is 11.1 Å². The van der Waals surface area contributed by atoms with Crippen LogP contribution in [0.4, 0.5) is 0 Å². The largest absolute Gasteiger partial charge is 0.598 e. The number of carbonyl (C=O) groups is 2. The first kappa shape index (κ1) is 28.9. The Labute approximate surface area is 225 Å². The number of aromatic nitrogens is 1. The van der Waals surface area contributed by atoms with Gasteiger partial charge in [-0.3, -0.25) is 9.59 Å². The Bertz CT molecular complexity index is 1270.